The fourth-order valence-corrected chi connectivity index (χ4v) is 2.99. The maximum absolute atomic E-state index is 12.9. The van der Waals surface area contributed by atoms with Gasteiger partial charge in [0.1, 0.15) is 6.04 Å². The summed E-state index contributed by atoms with van der Waals surface area (Å²) >= 11 is 0. The van der Waals surface area contributed by atoms with Crippen molar-refractivity contribution in [1.82, 2.24) is 15.2 Å². The molecule has 5 nitrogen and oxygen atoms in total. The standard InChI is InChI=1S/C18H21N3O2/c1-12(2)9-16-17(22)19-7-8-21(16)18(23)14-10-13-5-3-4-6-15(13)20-11-14/h3-6,10-12,16H,7-9H2,1-2H3,(H,19,22)/t16-/m1/s1. The number of amides is 2. The van der Waals surface area contributed by atoms with Crippen LogP contribution in [0.3, 0.4) is 0 Å². The number of nitrogens with zero attached hydrogens (tertiary/aromatic N) is 2. The maximum atomic E-state index is 12.9. The molecule has 0 unspecified atom stereocenters. The molecule has 5 heteroatoms. The molecule has 1 atom stereocenters. The SMILES string of the molecule is CC(C)C[C@@H]1C(=O)NCCN1C(=O)c1cnc2ccccc2c1. The lowest BCUT2D eigenvalue weighted by Crippen LogP contribution is -2.57. The number of aromatic nitrogens is 1. The van der Waals surface area contributed by atoms with Gasteiger partial charge in [-0.2, -0.15) is 0 Å². The first-order chi connectivity index (χ1) is 11.1. The van der Waals surface area contributed by atoms with Crippen LogP contribution in [0.15, 0.2) is 36.5 Å². The van der Waals surface area contributed by atoms with Crippen molar-refractivity contribution >= 4 is 22.7 Å². The molecule has 120 valence electrons. The van der Waals surface area contributed by atoms with Crippen molar-refractivity contribution in [2.24, 2.45) is 5.92 Å². The first-order valence-corrected chi connectivity index (χ1v) is 7.99. The smallest absolute Gasteiger partial charge is 0.256 e. The molecule has 1 aromatic heterocycles. The Balaban J connectivity index is 1.90. The Hall–Kier alpha value is -2.43. The normalized spacial score (nSPS) is 18.3. The van der Waals surface area contributed by atoms with E-state index in [9.17, 15) is 9.59 Å². The third-order valence-electron chi connectivity index (χ3n) is 4.12. The highest BCUT2D eigenvalue weighted by Crippen LogP contribution is 2.19. The van der Waals surface area contributed by atoms with Gasteiger partial charge in [-0.25, -0.2) is 0 Å². The molecular formula is C18H21N3O2. The zero-order chi connectivity index (χ0) is 16.4. The third kappa shape index (κ3) is 3.18. The quantitative estimate of drug-likeness (QED) is 0.945. The van der Waals surface area contributed by atoms with E-state index in [1.54, 1.807) is 11.1 Å². The van der Waals surface area contributed by atoms with Crippen LogP contribution in [-0.4, -0.2) is 40.8 Å². The van der Waals surface area contributed by atoms with Crippen LogP contribution in [0.25, 0.3) is 10.9 Å². The van der Waals surface area contributed by atoms with Crippen LogP contribution in [0.5, 0.6) is 0 Å². The molecule has 2 amide bonds. The topological polar surface area (TPSA) is 62.3 Å². The first kappa shape index (κ1) is 15.5. The van der Waals surface area contributed by atoms with Crippen LogP contribution in [0.2, 0.25) is 0 Å². The average molecular weight is 311 g/mol. The zero-order valence-corrected chi connectivity index (χ0v) is 13.5. The number of carbonyl (C=O) groups excluding carboxylic acids is 2. The summed E-state index contributed by atoms with van der Waals surface area (Å²) in [7, 11) is 0. The van der Waals surface area contributed by atoms with Crippen molar-refractivity contribution < 1.29 is 9.59 Å². The summed E-state index contributed by atoms with van der Waals surface area (Å²) in [5, 5.41) is 3.79. The number of benzene rings is 1. The van der Waals surface area contributed by atoms with E-state index in [-0.39, 0.29) is 11.8 Å². The summed E-state index contributed by atoms with van der Waals surface area (Å²) in [6.45, 7) is 5.15. The molecular weight excluding hydrogens is 290 g/mol. The molecule has 0 aliphatic carbocycles. The summed E-state index contributed by atoms with van der Waals surface area (Å²) in [4.78, 5) is 31.1. The Morgan fingerprint density at radius 2 is 2.17 bits per heavy atom. The van der Waals surface area contributed by atoms with Crippen LogP contribution < -0.4 is 5.32 Å². The average Bonchev–Trinajstić information content (AvgIpc) is 2.55. The number of hydrogen-bond acceptors (Lipinski definition) is 3. The number of pyridine rings is 1. The lowest BCUT2D eigenvalue weighted by molar-refractivity contribution is -0.128. The van der Waals surface area contributed by atoms with Gasteiger partial charge in [0.05, 0.1) is 11.1 Å². The molecule has 1 fully saturated rings. The Labute approximate surface area is 135 Å². The molecule has 0 bridgehead atoms. The lowest BCUT2D eigenvalue weighted by Gasteiger charge is -2.36. The minimum Gasteiger partial charge on any atom is -0.353 e. The van der Waals surface area contributed by atoms with Crippen LogP contribution in [0.4, 0.5) is 0 Å². The van der Waals surface area contributed by atoms with E-state index in [4.69, 9.17) is 0 Å². The van der Waals surface area contributed by atoms with Crippen molar-refractivity contribution in [1.29, 1.82) is 0 Å². The number of nitrogens with one attached hydrogen (secondary N) is 1. The number of piperazine rings is 1. The summed E-state index contributed by atoms with van der Waals surface area (Å²) < 4.78 is 0. The summed E-state index contributed by atoms with van der Waals surface area (Å²) in [6, 6.07) is 9.15. The van der Waals surface area contributed by atoms with Crippen LogP contribution in [0, 0.1) is 5.92 Å². The second-order valence-electron chi connectivity index (χ2n) is 6.35. The van der Waals surface area contributed by atoms with Gasteiger partial charge < -0.3 is 10.2 Å². The zero-order valence-electron chi connectivity index (χ0n) is 13.5. The first-order valence-electron chi connectivity index (χ1n) is 7.99. The Morgan fingerprint density at radius 1 is 1.39 bits per heavy atom. The molecule has 1 aliphatic rings. The molecule has 23 heavy (non-hydrogen) atoms. The number of rotatable bonds is 3. The van der Waals surface area contributed by atoms with E-state index >= 15 is 0 Å². The predicted octanol–water partition coefficient (Wildman–Crippen LogP) is 2.22. The largest absolute Gasteiger partial charge is 0.353 e. The molecule has 0 spiro atoms. The molecule has 1 aromatic carbocycles. The number of carbonyl (C=O) groups is 2. The Bertz CT molecular complexity index is 742. The molecule has 1 saturated heterocycles. The van der Waals surface area contributed by atoms with Gasteiger partial charge in [-0.3, -0.25) is 14.6 Å². The van der Waals surface area contributed by atoms with E-state index in [0.717, 1.165) is 10.9 Å². The predicted molar refractivity (Wildman–Crippen MR) is 89.0 cm³/mol. The van der Waals surface area contributed by atoms with Crippen molar-refractivity contribution in [3.05, 3.63) is 42.1 Å². The van der Waals surface area contributed by atoms with Crippen LogP contribution in [0.1, 0.15) is 30.6 Å². The van der Waals surface area contributed by atoms with E-state index < -0.39 is 6.04 Å². The van der Waals surface area contributed by atoms with Crippen molar-refractivity contribution in [3.8, 4) is 0 Å². The van der Waals surface area contributed by atoms with Gasteiger partial charge in [0.15, 0.2) is 0 Å². The molecule has 0 radical (unpaired) electrons. The van der Waals surface area contributed by atoms with Crippen molar-refractivity contribution in [3.63, 3.8) is 0 Å². The van der Waals surface area contributed by atoms with E-state index in [2.05, 4.69) is 24.1 Å². The number of para-hydroxylation sites is 1. The van der Waals surface area contributed by atoms with Gasteiger partial charge >= 0.3 is 0 Å². The van der Waals surface area contributed by atoms with Crippen LogP contribution in [-0.2, 0) is 4.79 Å². The summed E-state index contributed by atoms with van der Waals surface area (Å²) in [6.07, 6.45) is 2.27. The van der Waals surface area contributed by atoms with Crippen LogP contribution >= 0.6 is 0 Å². The minimum absolute atomic E-state index is 0.0629. The molecule has 1 N–H and O–H groups in total. The summed E-state index contributed by atoms with van der Waals surface area (Å²) in [5.74, 6) is 0.157. The summed E-state index contributed by atoms with van der Waals surface area (Å²) in [5.41, 5.74) is 1.39. The monoisotopic (exact) mass is 311 g/mol. The Kier molecular flexibility index (Phi) is 4.28. The van der Waals surface area contributed by atoms with E-state index in [1.807, 2.05) is 30.3 Å². The van der Waals surface area contributed by atoms with Gasteiger partial charge in [0.25, 0.3) is 5.91 Å². The van der Waals surface area contributed by atoms with Gasteiger partial charge in [0.2, 0.25) is 5.91 Å². The third-order valence-corrected chi connectivity index (χ3v) is 4.12. The second kappa shape index (κ2) is 6.36. The molecule has 2 heterocycles. The highest BCUT2D eigenvalue weighted by molar-refractivity contribution is 6.00. The van der Waals surface area contributed by atoms with Crippen molar-refractivity contribution in [2.75, 3.05) is 13.1 Å². The number of fused-ring (bicyclic) bond motifs is 1. The second-order valence-corrected chi connectivity index (χ2v) is 6.35. The van der Waals surface area contributed by atoms with Gasteiger partial charge in [-0.15, -0.1) is 0 Å². The number of hydrogen-bond donors (Lipinski definition) is 1. The van der Waals surface area contributed by atoms with E-state index in [1.165, 1.54) is 0 Å². The molecule has 3 rings (SSSR count). The Morgan fingerprint density at radius 3 is 2.96 bits per heavy atom. The van der Waals surface area contributed by atoms with Gasteiger partial charge in [-0.1, -0.05) is 32.0 Å². The highest BCUT2D eigenvalue weighted by Gasteiger charge is 2.33. The highest BCUT2D eigenvalue weighted by atomic mass is 16.2. The van der Waals surface area contributed by atoms with Crippen molar-refractivity contribution in [2.45, 2.75) is 26.3 Å². The lowest BCUT2D eigenvalue weighted by atomic mass is 9.99. The van der Waals surface area contributed by atoms with Gasteiger partial charge in [0, 0.05) is 24.7 Å². The minimum atomic E-state index is -0.400. The fraction of sp³-hybridized carbons (Fsp3) is 0.389. The maximum Gasteiger partial charge on any atom is 0.256 e. The molecule has 1 aliphatic heterocycles. The fourth-order valence-electron chi connectivity index (χ4n) is 2.99. The van der Waals surface area contributed by atoms with Gasteiger partial charge in [-0.05, 0) is 24.5 Å². The van der Waals surface area contributed by atoms with E-state index in [0.29, 0.717) is 31.0 Å². The molecule has 2 aromatic rings. The molecule has 0 saturated carbocycles.